The Kier molecular flexibility index (Phi) is 4.55. The minimum Gasteiger partial charge on any atom is -0.356 e. The van der Waals surface area contributed by atoms with E-state index in [2.05, 4.69) is 25.3 Å². The highest BCUT2D eigenvalue weighted by Crippen LogP contribution is 2.28. The molecule has 2 fully saturated rings. The molecule has 0 radical (unpaired) electrons. The molecule has 1 saturated heterocycles. The SMILES string of the molecule is Cn1ncc2c(N3CCC(NC(=O)CC4CCCC4)CC3)ncnc21. The molecule has 1 amide bonds. The number of hydrogen-bond acceptors (Lipinski definition) is 5. The maximum Gasteiger partial charge on any atom is 0.220 e. The summed E-state index contributed by atoms with van der Waals surface area (Å²) in [6, 6.07) is 0.288. The lowest BCUT2D eigenvalue weighted by Gasteiger charge is -2.33. The number of aromatic nitrogens is 4. The zero-order valence-electron chi connectivity index (χ0n) is 14.8. The summed E-state index contributed by atoms with van der Waals surface area (Å²) in [5, 5.41) is 8.52. The van der Waals surface area contributed by atoms with Gasteiger partial charge in [0.05, 0.1) is 11.6 Å². The van der Waals surface area contributed by atoms with Crippen LogP contribution in [0.5, 0.6) is 0 Å². The van der Waals surface area contributed by atoms with Crippen LogP contribution in [0.15, 0.2) is 12.5 Å². The highest BCUT2D eigenvalue weighted by molar-refractivity contribution is 5.86. The fourth-order valence-electron chi connectivity index (χ4n) is 4.20. The molecule has 1 N–H and O–H groups in total. The second-order valence-corrected chi connectivity index (χ2v) is 7.39. The third-order valence-corrected chi connectivity index (χ3v) is 5.62. The van der Waals surface area contributed by atoms with Crippen LogP contribution in [0.1, 0.15) is 44.9 Å². The molecule has 0 atom stereocenters. The average Bonchev–Trinajstić information content (AvgIpc) is 3.26. The number of nitrogens with one attached hydrogen (secondary N) is 1. The summed E-state index contributed by atoms with van der Waals surface area (Å²) < 4.78 is 1.77. The molecule has 1 aliphatic carbocycles. The second kappa shape index (κ2) is 6.98. The van der Waals surface area contributed by atoms with Gasteiger partial charge in [0.2, 0.25) is 5.91 Å². The Bertz CT molecular complexity index is 743. The zero-order chi connectivity index (χ0) is 17.2. The molecule has 0 aromatic carbocycles. The third kappa shape index (κ3) is 3.45. The van der Waals surface area contributed by atoms with Gasteiger partial charge in [-0.2, -0.15) is 5.10 Å². The van der Waals surface area contributed by atoms with Crippen molar-refractivity contribution >= 4 is 22.8 Å². The fourth-order valence-corrected chi connectivity index (χ4v) is 4.20. The molecule has 2 aromatic rings. The molecule has 134 valence electrons. The first-order valence-electron chi connectivity index (χ1n) is 9.37. The summed E-state index contributed by atoms with van der Waals surface area (Å²) in [7, 11) is 1.89. The standard InChI is InChI=1S/C18H26N6O/c1-23-17-15(11-21-23)18(20-12-19-17)24-8-6-14(7-9-24)22-16(25)10-13-4-2-3-5-13/h11-14H,2-10H2,1H3,(H,22,25). The topological polar surface area (TPSA) is 75.9 Å². The maximum absolute atomic E-state index is 12.2. The first-order valence-corrected chi connectivity index (χ1v) is 9.37. The van der Waals surface area contributed by atoms with Crippen LogP contribution in [-0.4, -0.2) is 44.8 Å². The predicted molar refractivity (Wildman–Crippen MR) is 96.3 cm³/mol. The van der Waals surface area contributed by atoms with Crippen LogP contribution in [0.25, 0.3) is 11.0 Å². The Morgan fingerprint density at radius 1 is 1.20 bits per heavy atom. The Morgan fingerprint density at radius 3 is 2.72 bits per heavy atom. The number of anilines is 1. The fraction of sp³-hybridized carbons (Fsp3) is 0.667. The van der Waals surface area contributed by atoms with Gasteiger partial charge in [-0.3, -0.25) is 9.48 Å². The average molecular weight is 342 g/mol. The number of amides is 1. The predicted octanol–water partition coefficient (Wildman–Crippen LogP) is 2.03. The highest BCUT2D eigenvalue weighted by atomic mass is 16.1. The summed E-state index contributed by atoms with van der Waals surface area (Å²) in [6.07, 6.45) is 11.1. The summed E-state index contributed by atoms with van der Waals surface area (Å²) in [5.41, 5.74) is 0.858. The number of aryl methyl sites for hydroxylation is 1. The third-order valence-electron chi connectivity index (χ3n) is 5.62. The van der Waals surface area contributed by atoms with Crippen molar-refractivity contribution in [1.29, 1.82) is 0 Å². The van der Waals surface area contributed by atoms with Gasteiger partial charge < -0.3 is 10.2 Å². The molecule has 7 heteroatoms. The zero-order valence-corrected chi connectivity index (χ0v) is 14.8. The summed E-state index contributed by atoms with van der Waals surface area (Å²) in [5.74, 6) is 1.80. The van der Waals surface area contributed by atoms with Crippen molar-refractivity contribution in [3.63, 3.8) is 0 Å². The number of carbonyl (C=O) groups is 1. The Hall–Kier alpha value is -2.18. The number of piperidine rings is 1. The van der Waals surface area contributed by atoms with Gasteiger partial charge in [0.15, 0.2) is 5.65 Å². The molecule has 1 aliphatic heterocycles. The first-order chi connectivity index (χ1) is 12.2. The molecule has 0 bridgehead atoms. The van der Waals surface area contributed by atoms with E-state index < -0.39 is 0 Å². The lowest BCUT2D eigenvalue weighted by molar-refractivity contribution is -0.122. The van der Waals surface area contributed by atoms with Crippen molar-refractivity contribution in [1.82, 2.24) is 25.1 Å². The number of hydrogen-bond donors (Lipinski definition) is 1. The second-order valence-electron chi connectivity index (χ2n) is 7.39. The van der Waals surface area contributed by atoms with Crippen molar-refractivity contribution in [2.45, 2.75) is 51.0 Å². The van der Waals surface area contributed by atoms with E-state index in [0.717, 1.165) is 42.8 Å². The van der Waals surface area contributed by atoms with Gasteiger partial charge in [0.1, 0.15) is 12.1 Å². The van der Waals surface area contributed by atoms with Gasteiger partial charge >= 0.3 is 0 Å². The monoisotopic (exact) mass is 342 g/mol. The van der Waals surface area contributed by atoms with Crippen LogP contribution in [0.4, 0.5) is 5.82 Å². The van der Waals surface area contributed by atoms with E-state index in [1.807, 2.05) is 13.2 Å². The van der Waals surface area contributed by atoms with E-state index >= 15 is 0 Å². The van der Waals surface area contributed by atoms with Crippen molar-refractivity contribution in [2.75, 3.05) is 18.0 Å². The summed E-state index contributed by atoms with van der Waals surface area (Å²) in [4.78, 5) is 23.3. The van der Waals surface area contributed by atoms with Crippen LogP contribution in [0.2, 0.25) is 0 Å². The van der Waals surface area contributed by atoms with E-state index in [1.54, 1.807) is 11.0 Å². The van der Waals surface area contributed by atoms with E-state index in [1.165, 1.54) is 25.7 Å². The van der Waals surface area contributed by atoms with Gasteiger partial charge in [0.25, 0.3) is 0 Å². The van der Waals surface area contributed by atoms with Crippen LogP contribution >= 0.6 is 0 Å². The van der Waals surface area contributed by atoms with Gasteiger partial charge in [-0.25, -0.2) is 9.97 Å². The van der Waals surface area contributed by atoms with E-state index in [0.29, 0.717) is 12.3 Å². The van der Waals surface area contributed by atoms with E-state index in [-0.39, 0.29) is 11.9 Å². The molecule has 2 aromatic heterocycles. The van der Waals surface area contributed by atoms with Crippen molar-refractivity contribution in [3.8, 4) is 0 Å². The van der Waals surface area contributed by atoms with E-state index in [4.69, 9.17) is 0 Å². The molecule has 3 heterocycles. The molecule has 7 nitrogen and oxygen atoms in total. The molecular weight excluding hydrogens is 316 g/mol. The maximum atomic E-state index is 12.2. The van der Waals surface area contributed by atoms with Gasteiger partial charge in [0, 0.05) is 32.6 Å². The number of fused-ring (bicyclic) bond motifs is 1. The van der Waals surface area contributed by atoms with Gasteiger partial charge in [-0.1, -0.05) is 12.8 Å². The lowest BCUT2D eigenvalue weighted by atomic mass is 10.0. The quantitative estimate of drug-likeness (QED) is 0.920. The number of carbonyl (C=O) groups excluding carboxylic acids is 1. The number of nitrogens with zero attached hydrogens (tertiary/aromatic N) is 5. The molecular formula is C18H26N6O. The Morgan fingerprint density at radius 2 is 1.96 bits per heavy atom. The molecule has 1 saturated carbocycles. The molecule has 0 spiro atoms. The largest absolute Gasteiger partial charge is 0.356 e. The van der Waals surface area contributed by atoms with Crippen LogP contribution in [0, 0.1) is 5.92 Å². The normalized spacial score (nSPS) is 19.6. The lowest BCUT2D eigenvalue weighted by Crippen LogP contribution is -2.45. The van der Waals surface area contributed by atoms with Crippen LogP contribution in [-0.2, 0) is 11.8 Å². The minimum absolute atomic E-state index is 0.238. The molecule has 4 rings (SSSR count). The van der Waals surface area contributed by atoms with Gasteiger partial charge in [-0.15, -0.1) is 0 Å². The van der Waals surface area contributed by atoms with Crippen LogP contribution < -0.4 is 10.2 Å². The smallest absolute Gasteiger partial charge is 0.220 e. The molecule has 25 heavy (non-hydrogen) atoms. The van der Waals surface area contributed by atoms with Crippen molar-refractivity contribution in [3.05, 3.63) is 12.5 Å². The Balaban J connectivity index is 1.34. The summed E-state index contributed by atoms with van der Waals surface area (Å²) >= 11 is 0. The van der Waals surface area contributed by atoms with Gasteiger partial charge in [-0.05, 0) is 31.6 Å². The summed E-state index contributed by atoms with van der Waals surface area (Å²) in [6.45, 7) is 1.80. The highest BCUT2D eigenvalue weighted by Gasteiger charge is 2.25. The molecule has 0 unspecified atom stereocenters. The van der Waals surface area contributed by atoms with Crippen LogP contribution in [0.3, 0.4) is 0 Å². The van der Waals surface area contributed by atoms with Crippen molar-refractivity contribution in [2.24, 2.45) is 13.0 Å². The van der Waals surface area contributed by atoms with E-state index in [9.17, 15) is 4.79 Å². The number of rotatable bonds is 4. The minimum atomic E-state index is 0.238. The first kappa shape index (κ1) is 16.3. The molecule has 2 aliphatic rings. The van der Waals surface area contributed by atoms with Crippen molar-refractivity contribution < 1.29 is 4.79 Å². The Labute approximate surface area is 147 Å².